The first-order valence-electron chi connectivity index (χ1n) is 4.78. The molecular weight excluding hydrogens is 178 g/mol. The number of hydrogen-bond acceptors (Lipinski definition) is 3. The molecule has 1 unspecified atom stereocenters. The normalized spacial score (nSPS) is 12.3. The molecule has 0 aliphatic carbocycles. The Balaban J connectivity index is 3.80. The molecule has 0 N–H and O–H groups in total. The van der Waals surface area contributed by atoms with Crippen LogP contribution in [0.1, 0.15) is 13.3 Å². The van der Waals surface area contributed by atoms with Crippen LogP contribution in [-0.2, 0) is 4.79 Å². The van der Waals surface area contributed by atoms with Crippen LogP contribution < -0.4 is 0 Å². The zero-order valence-electron chi connectivity index (χ0n) is 9.45. The second-order valence-electron chi connectivity index (χ2n) is 3.77. The number of amides is 1. The minimum absolute atomic E-state index is 0.0914. The molecule has 4 nitrogen and oxygen atoms in total. The number of carbonyl (C=O) groups excluding carboxylic acids is 1. The van der Waals surface area contributed by atoms with Crippen LogP contribution in [0.5, 0.6) is 0 Å². The molecule has 0 radical (unpaired) electrons. The SMILES string of the molecule is CC(C#N)C(=O)N(C)CCCN(C)C. The summed E-state index contributed by atoms with van der Waals surface area (Å²) in [4.78, 5) is 15.1. The van der Waals surface area contributed by atoms with Crippen LogP contribution in [0.25, 0.3) is 0 Å². The maximum absolute atomic E-state index is 11.4. The Labute approximate surface area is 86.1 Å². The van der Waals surface area contributed by atoms with E-state index in [-0.39, 0.29) is 5.91 Å². The molecule has 0 aromatic heterocycles. The fourth-order valence-corrected chi connectivity index (χ4v) is 1.12. The summed E-state index contributed by atoms with van der Waals surface area (Å²) < 4.78 is 0. The summed E-state index contributed by atoms with van der Waals surface area (Å²) in [5.74, 6) is -0.620. The molecule has 0 bridgehead atoms. The highest BCUT2D eigenvalue weighted by Gasteiger charge is 2.15. The van der Waals surface area contributed by atoms with Crippen LogP contribution >= 0.6 is 0 Å². The molecule has 0 aromatic rings. The minimum atomic E-state index is -0.528. The van der Waals surface area contributed by atoms with Gasteiger partial charge in [-0.15, -0.1) is 0 Å². The predicted molar refractivity (Wildman–Crippen MR) is 55.6 cm³/mol. The van der Waals surface area contributed by atoms with Crippen molar-refractivity contribution in [3.8, 4) is 6.07 Å². The Kier molecular flexibility index (Phi) is 5.89. The van der Waals surface area contributed by atoms with Crippen molar-refractivity contribution in [2.75, 3.05) is 34.2 Å². The number of carbonyl (C=O) groups is 1. The summed E-state index contributed by atoms with van der Waals surface area (Å²) in [5, 5.41) is 8.56. The zero-order valence-corrected chi connectivity index (χ0v) is 9.45. The van der Waals surface area contributed by atoms with Crippen LogP contribution in [0.3, 0.4) is 0 Å². The minimum Gasteiger partial charge on any atom is -0.345 e. The van der Waals surface area contributed by atoms with E-state index in [9.17, 15) is 4.79 Å². The Morgan fingerprint density at radius 3 is 2.36 bits per heavy atom. The van der Waals surface area contributed by atoms with Crippen LogP contribution in [0, 0.1) is 17.2 Å². The zero-order chi connectivity index (χ0) is 11.1. The van der Waals surface area contributed by atoms with E-state index >= 15 is 0 Å². The molecule has 0 saturated carbocycles. The summed E-state index contributed by atoms with van der Waals surface area (Å²) in [6.07, 6.45) is 0.938. The van der Waals surface area contributed by atoms with Crippen molar-refractivity contribution in [1.29, 1.82) is 5.26 Å². The van der Waals surface area contributed by atoms with Crippen molar-refractivity contribution in [3.63, 3.8) is 0 Å². The molecule has 0 aromatic carbocycles. The van der Waals surface area contributed by atoms with E-state index in [1.807, 2.05) is 20.2 Å². The average Bonchev–Trinajstić information content (AvgIpc) is 2.14. The van der Waals surface area contributed by atoms with Crippen molar-refractivity contribution in [2.24, 2.45) is 5.92 Å². The van der Waals surface area contributed by atoms with Crippen molar-refractivity contribution >= 4 is 5.91 Å². The van der Waals surface area contributed by atoms with E-state index in [2.05, 4.69) is 4.90 Å². The van der Waals surface area contributed by atoms with Gasteiger partial charge in [0.15, 0.2) is 0 Å². The van der Waals surface area contributed by atoms with E-state index in [0.717, 1.165) is 13.0 Å². The van der Waals surface area contributed by atoms with Gasteiger partial charge >= 0.3 is 0 Å². The smallest absolute Gasteiger partial charge is 0.239 e. The maximum Gasteiger partial charge on any atom is 0.239 e. The van der Waals surface area contributed by atoms with Crippen LogP contribution in [-0.4, -0.2) is 49.9 Å². The fourth-order valence-electron chi connectivity index (χ4n) is 1.12. The van der Waals surface area contributed by atoms with Gasteiger partial charge in [0.1, 0.15) is 5.92 Å². The van der Waals surface area contributed by atoms with Gasteiger partial charge < -0.3 is 9.80 Å². The van der Waals surface area contributed by atoms with Gasteiger partial charge in [0.25, 0.3) is 0 Å². The van der Waals surface area contributed by atoms with Crippen molar-refractivity contribution in [3.05, 3.63) is 0 Å². The van der Waals surface area contributed by atoms with E-state index in [4.69, 9.17) is 5.26 Å². The number of nitrogens with zero attached hydrogens (tertiary/aromatic N) is 3. The second kappa shape index (κ2) is 6.39. The van der Waals surface area contributed by atoms with Gasteiger partial charge in [-0.1, -0.05) is 0 Å². The van der Waals surface area contributed by atoms with E-state index < -0.39 is 5.92 Å². The van der Waals surface area contributed by atoms with Gasteiger partial charge in [-0.2, -0.15) is 5.26 Å². The molecule has 0 aliphatic rings. The third-order valence-electron chi connectivity index (χ3n) is 2.04. The summed E-state index contributed by atoms with van der Waals surface area (Å²) in [7, 11) is 5.74. The molecule has 1 amide bonds. The van der Waals surface area contributed by atoms with E-state index in [1.165, 1.54) is 0 Å². The molecule has 0 aliphatic heterocycles. The van der Waals surface area contributed by atoms with E-state index in [0.29, 0.717) is 6.54 Å². The lowest BCUT2D eigenvalue weighted by Gasteiger charge is -2.19. The molecule has 4 heteroatoms. The van der Waals surface area contributed by atoms with Crippen LogP contribution in [0.2, 0.25) is 0 Å². The first-order chi connectivity index (χ1) is 6.49. The van der Waals surface area contributed by atoms with E-state index in [1.54, 1.807) is 18.9 Å². The highest BCUT2D eigenvalue weighted by atomic mass is 16.2. The Morgan fingerprint density at radius 2 is 1.93 bits per heavy atom. The molecule has 0 fully saturated rings. The van der Waals surface area contributed by atoms with Crippen molar-refractivity contribution in [1.82, 2.24) is 9.80 Å². The number of hydrogen-bond donors (Lipinski definition) is 0. The lowest BCUT2D eigenvalue weighted by molar-refractivity contribution is -0.132. The molecule has 0 heterocycles. The number of rotatable bonds is 5. The fraction of sp³-hybridized carbons (Fsp3) is 0.800. The highest BCUT2D eigenvalue weighted by molar-refractivity contribution is 5.80. The third kappa shape index (κ3) is 4.83. The lowest BCUT2D eigenvalue weighted by Crippen LogP contribution is -2.33. The predicted octanol–water partition coefficient (Wildman–Crippen LogP) is 0.556. The summed E-state index contributed by atoms with van der Waals surface area (Å²) in [5.41, 5.74) is 0. The molecular formula is C10H19N3O. The van der Waals surface area contributed by atoms with Gasteiger partial charge in [0.2, 0.25) is 5.91 Å². The average molecular weight is 197 g/mol. The molecule has 0 spiro atoms. The molecule has 1 atom stereocenters. The topological polar surface area (TPSA) is 47.3 Å². The largest absolute Gasteiger partial charge is 0.345 e. The first kappa shape index (κ1) is 12.9. The van der Waals surface area contributed by atoms with Crippen molar-refractivity contribution in [2.45, 2.75) is 13.3 Å². The number of nitriles is 1. The third-order valence-corrected chi connectivity index (χ3v) is 2.04. The van der Waals surface area contributed by atoms with Crippen molar-refractivity contribution < 1.29 is 4.79 Å². The quantitative estimate of drug-likeness (QED) is 0.647. The van der Waals surface area contributed by atoms with Crippen LogP contribution in [0.15, 0.2) is 0 Å². The maximum atomic E-state index is 11.4. The Morgan fingerprint density at radius 1 is 1.36 bits per heavy atom. The summed E-state index contributed by atoms with van der Waals surface area (Å²) in [6, 6.07) is 1.94. The lowest BCUT2D eigenvalue weighted by atomic mass is 10.2. The monoisotopic (exact) mass is 197 g/mol. The standard InChI is InChI=1S/C10H19N3O/c1-9(8-11)10(14)13(4)7-5-6-12(2)3/h9H,5-7H2,1-4H3. The molecule has 0 rings (SSSR count). The first-order valence-corrected chi connectivity index (χ1v) is 4.78. The molecule has 0 saturated heterocycles. The Hall–Kier alpha value is -1.08. The molecule has 80 valence electrons. The summed E-state index contributed by atoms with van der Waals surface area (Å²) in [6.45, 7) is 3.30. The van der Waals surface area contributed by atoms with Gasteiger partial charge in [0, 0.05) is 13.6 Å². The highest BCUT2D eigenvalue weighted by Crippen LogP contribution is 1.99. The van der Waals surface area contributed by atoms with Gasteiger partial charge in [-0.05, 0) is 34.0 Å². The molecule has 14 heavy (non-hydrogen) atoms. The van der Waals surface area contributed by atoms with Gasteiger partial charge in [-0.25, -0.2) is 0 Å². The van der Waals surface area contributed by atoms with Gasteiger partial charge in [0.05, 0.1) is 6.07 Å². The second-order valence-corrected chi connectivity index (χ2v) is 3.77. The Bertz CT molecular complexity index is 220. The summed E-state index contributed by atoms with van der Waals surface area (Å²) >= 11 is 0. The van der Waals surface area contributed by atoms with Crippen LogP contribution in [0.4, 0.5) is 0 Å². The van der Waals surface area contributed by atoms with Gasteiger partial charge in [-0.3, -0.25) is 4.79 Å².